The second kappa shape index (κ2) is 12.1. The first-order valence-corrected chi connectivity index (χ1v) is 5.06. The van der Waals surface area contributed by atoms with Gasteiger partial charge in [0.05, 0.1) is 24.4 Å². The Kier molecular flexibility index (Phi) is 14.8. The molecule has 0 unspecified atom stereocenters. The molecule has 0 amide bonds. The van der Waals surface area contributed by atoms with Crippen LogP contribution >= 0.6 is 36.4 Å². The van der Waals surface area contributed by atoms with Crippen molar-refractivity contribution in [1.82, 2.24) is 30.0 Å². The molecule has 19 heavy (non-hydrogen) atoms. The van der Waals surface area contributed by atoms with Crippen molar-refractivity contribution < 1.29 is 10.6 Å². The van der Waals surface area contributed by atoms with Gasteiger partial charge in [-0.05, 0) is 0 Å². The van der Waals surface area contributed by atoms with E-state index in [-0.39, 0.29) is 36.9 Å². The van der Waals surface area contributed by atoms with Gasteiger partial charge in [0.15, 0.2) is 0 Å². The number of halogens is 3. The van der Waals surface area contributed by atoms with E-state index >= 15 is 0 Å². The van der Waals surface area contributed by atoms with Crippen molar-refractivity contribution in [1.29, 1.82) is 0 Å². The highest BCUT2D eigenvalue weighted by Crippen LogP contribution is 1.94. The van der Waals surface area contributed by atoms with Gasteiger partial charge in [0.25, 0.3) is 0 Å². The van der Waals surface area contributed by atoms with E-state index in [0.717, 1.165) is 5.69 Å². The van der Waals surface area contributed by atoms with Crippen LogP contribution in [0.5, 0.6) is 0 Å². The number of hydrogen-bond donors (Lipinski definition) is 1. The molecular weight excluding hydrogens is 318 g/mol. The summed E-state index contributed by atoms with van der Waals surface area (Å²) in [6.45, 7) is -0.0339. The van der Waals surface area contributed by atoms with Gasteiger partial charge in [-0.25, -0.2) is 0 Å². The minimum Gasteiger partial charge on any atom is -0.412 e. The summed E-state index contributed by atoms with van der Waals surface area (Å²) in [6, 6.07) is 0. The van der Waals surface area contributed by atoms with Crippen LogP contribution in [0.2, 0.25) is 0 Å². The molecule has 112 valence electrons. The molecule has 0 aromatic carbocycles. The summed E-state index contributed by atoms with van der Waals surface area (Å²) < 4.78 is 3.17. The van der Waals surface area contributed by atoms with Crippen molar-refractivity contribution >= 4 is 36.4 Å². The number of aromatic nitrogens is 6. The molecule has 2 rings (SSSR count). The topological polar surface area (TPSA) is 113 Å². The zero-order valence-electron chi connectivity index (χ0n) is 10.4. The molecule has 0 fully saturated rings. The monoisotopic (exact) mass is 334 g/mol. The Balaban J connectivity index is -0.000000233. The molecule has 0 saturated carbocycles. The van der Waals surface area contributed by atoms with Crippen molar-refractivity contribution in [2.45, 2.75) is 12.5 Å². The number of alkyl halides is 1. The van der Waals surface area contributed by atoms with Gasteiger partial charge in [0.2, 0.25) is 0 Å². The van der Waals surface area contributed by atoms with E-state index < -0.39 is 0 Å². The fourth-order valence-electron chi connectivity index (χ4n) is 0.924. The van der Waals surface area contributed by atoms with Crippen LogP contribution in [0.25, 0.3) is 0 Å². The lowest BCUT2D eigenvalue weighted by atomic mass is 10.5. The highest BCUT2D eigenvalue weighted by Gasteiger charge is 1.92. The van der Waals surface area contributed by atoms with Crippen LogP contribution in [0.3, 0.4) is 0 Å². The lowest BCUT2D eigenvalue weighted by Gasteiger charge is -1.78. The highest BCUT2D eigenvalue weighted by atomic mass is 35.5. The van der Waals surface area contributed by atoms with E-state index in [1.54, 1.807) is 28.8 Å². The van der Waals surface area contributed by atoms with Gasteiger partial charge in [-0.1, -0.05) is 10.4 Å². The summed E-state index contributed by atoms with van der Waals surface area (Å²) in [7, 11) is 3.56. The maximum absolute atomic E-state index is 8.44. The average molecular weight is 336 g/mol. The standard InChI is InChI=1S/C4H6ClN3.C4H7N3O.2ClH.H2O/c1-8-3-4(2-5)6-7-8;1-7-2-4(3-8)5-6-7;;;/h3H,2H2,1H3;2,8H,3H2,1H3;2*1H;1H2. The Morgan fingerprint density at radius 3 is 1.63 bits per heavy atom. The van der Waals surface area contributed by atoms with Gasteiger partial charge < -0.3 is 10.6 Å². The Labute approximate surface area is 127 Å². The molecule has 0 aliphatic heterocycles. The third-order valence-corrected chi connectivity index (χ3v) is 1.87. The van der Waals surface area contributed by atoms with E-state index in [4.69, 9.17) is 16.7 Å². The largest absolute Gasteiger partial charge is 0.412 e. The van der Waals surface area contributed by atoms with Crippen molar-refractivity contribution in [3.63, 3.8) is 0 Å². The van der Waals surface area contributed by atoms with E-state index in [1.807, 2.05) is 7.05 Å². The third-order valence-electron chi connectivity index (χ3n) is 1.60. The van der Waals surface area contributed by atoms with E-state index in [2.05, 4.69) is 20.6 Å². The second-order valence-electron chi connectivity index (χ2n) is 3.06. The molecule has 8 nitrogen and oxygen atoms in total. The lowest BCUT2D eigenvalue weighted by molar-refractivity contribution is 0.276. The second-order valence-corrected chi connectivity index (χ2v) is 3.33. The van der Waals surface area contributed by atoms with Gasteiger partial charge in [0, 0.05) is 20.3 Å². The molecule has 0 atom stereocenters. The molecule has 11 heteroatoms. The number of aryl methyl sites for hydroxylation is 2. The molecule has 2 aromatic rings. The van der Waals surface area contributed by atoms with Crippen molar-refractivity contribution in [3.8, 4) is 0 Å². The fourth-order valence-corrected chi connectivity index (χ4v) is 1.05. The minimum atomic E-state index is -0.0339. The van der Waals surface area contributed by atoms with Crippen LogP contribution in [0.1, 0.15) is 11.4 Å². The van der Waals surface area contributed by atoms with Crippen LogP contribution in [0.4, 0.5) is 0 Å². The minimum absolute atomic E-state index is 0. The predicted molar refractivity (Wildman–Crippen MR) is 75.6 cm³/mol. The third kappa shape index (κ3) is 8.73. The molecule has 0 aliphatic carbocycles. The molecule has 0 aliphatic rings. The Bertz CT molecular complexity index is 395. The van der Waals surface area contributed by atoms with Crippen LogP contribution in [-0.2, 0) is 26.6 Å². The predicted octanol–water partition coefficient (Wildman–Crippen LogP) is -0.120. The van der Waals surface area contributed by atoms with E-state index in [0.29, 0.717) is 11.6 Å². The summed E-state index contributed by atoms with van der Waals surface area (Å²) in [5.74, 6) is 0.438. The van der Waals surface area contributed by atoms with Crippen LogP contribution < -0.4 is 0 Å². The smallest absolute Gasteiger partial charge is 0.108 e. The summed E-state index contributed by atoms with van der Waals surface area (Å²) in [5.41, 5.74) is 1.42. The molecule has 0 saturated heterocycles. The lowest BCUT2D eigenvalue weighted by Crippen LogP contribution is -1.85. The summed E-state index contributed by atoms with van der Waals surface area (Å²) in [4.78, 5) is 0. The first kappa shape index (κ1) is 23.2. The summed E-state index contributed by atoms with van der Waals surface area (Å²) >= 11 is 5.42. The van der Waals surface area contributed by atoms with Crippen molar-refractivity contribution in [2.75, 3.05) is 0 Å². The van der Waals surface area contributed by atoms with Crippen LogP contribution in [0.15, 0.2) is 12.4 Å². The van der Waals surface area contributed by atoms with Crippen molar-refractivity contribution in [2.24, 2.45) is 14.1 Å². The first-order valence-electron chi connectivity index (χ1n) is 4.53. The maximum Gasteiger partial charge on any atom is 0.108 e. The van der Waals surface area contributed by atoms with Gasteiger partial charge in [0.1, 0.15) is 5.69 Å². The number of hydrogen-bond acceptors (Lipinski definition) is 5. The number of nitrogens with zero attached hydrogens (tertiary/aromatic N) is 6. The van der Waals surface area contributed by atoms with E-state index in [9.17, 15) is 0 Å². The van der Waals surface area contributed by atoms with Crippen LogP contribution in [-0.4, -0.2) is 40.6 Å². The van der Waals surface area contributed by atoms with Gasteiger partial charge in [-0.15, -0.1) is 46.6 Å². The number of rotatable bonds is 2. The van der Waals surface area contributed by atoms with Gasteiger partial charge in [-0.2, -0.15) is 0 Å². The molecule has 2 aromatic heterocycles. The Hall–Kier alpha value is -0.930. The summed E-state index contributed by atoms with van der Waals surface area (Å²) in [6.07, 6.45) is 3.45. The molecule has 2 heterocycles. The first-order chi connectivity index (χ1) is 7.65. The SMILES string of the molecule is Cl.Cl.Cn1cc(CCl)nn1.Cn1cc(CO)nn1.O. The zero-order valence-corrected chi connectivity index (χ0v) is 12.8. The molecule has 3 N–H and O–H groups in total. The fraction of sp³-hybridized carbons (Fsp3) is 0.500. The van der Waals surface area contributed by atoms with Gasteiger partial charge in [-0.3, -0.25) is 9.36 Å². The Morgan fingerprint density at radius 2 is 1.47 bits per heavy atom. The normalized spacial score (nSPS) is 8.21. The Morgan fingerprint density at radius 1 is 1.05 bits per heavy atom. The molecule has 0 bridgehead atoms. The average Bonchev–Trinajstić information content (AvgIpc) is 2.88. The summed E-state index contributed by atoms with van der Waals surface area (Å²) in [5, 5.41) is 23.0. The highest BCUT2D eigenvalue weighted by molar-refractivity contribution is 6.16. The van der Waals surface area contributed by atoms with E-state index in [1.165, 1.54) is 0 Å². The maximum atomic E-state index is 8.44. The number of aliphatic hydroxyl groups is 1. The molecular formula is C8H17Cl3N6O2. The van der Waals surface area contributed by atoms with Crippen molar-refractivity contribution in [3.05, 3.63) is 23.8 Å². The molecule has 0 radical (unpaired) electrons. The zero-order chi connectivity index (χ0) is 12.0. The van der Waals surface area contributed by atoms with Gasteiger partial charge >= 0.3 is 0 Å². The number of aliphatic hydroxyl groups excluding tert-OH is 1. The quantitative estimate of drug-likeness (QED) is 0.769. The van der Waals surface area contributed by atoms with Crippen LogP contribution in [0, 0.1) is 0 Å². The molecule has 0 spiro atoms.